The highest BCUT2D eigenvalue weighted by Crippen LogP contribution is 2.19. The second kappa shape index (κ2) is 4.79. The van der Waals surface area contributed by atoms with Gasteiger partial charge in [0.15, 0.2) is 11.6 Å². The molecule has 0 amide bonds. The molecule has 0 fully saturated rings. The van der Waals surface area contributed by atoms with Gasteiger partial charge in [-0.05, 0) is 30.2 Å². The summed E-state index contributed by atoms with van der Waals surface area (Å²) in [5.41, 5.74) is 1.92. The Morgan fingerprint density at radius 2 is 1.81 bits per heavy atom. The summed E-state index contributed by atoms with van der Waals surface area (Å²) in [6.07, 6.45) is 0. The number of ether oxygens (including phenoxy) is 1. The molecule has 82 valence electrons. The van der Waals surface area contributed by atoms with Crippen LogP contribution < -0.4 is 4.74 Å². The van der Waals surface area contributed by atoms with Crippen LogP contribution in [0.2, 0.25) is 0 Å². The molecule has 0 aliphatic heterocycles. The van der Waals surface area contributed by atoms with Gasteiger partial charge >= 0.3 is 0 Å². The summed E-state index contributed by atoms with van der Waals surface area (Å²) in [7, 11) is 0. The zero-order chi connectivity index (χ0) is 11.4. The van der Waals surface area contributed by atoms with Gasteiger partial charge < -0.3 is 4.74 Å². The molecule has 2 heteroatoms. The van der Waals surface area contributed by atoms with E-state index in [1.165, 1.54) is 6.07 Å². The summed E-state index contributed by atoms with van der Waals surface area (Å²) in [5, 5.41) is 0. The molecule has 0 aliphatic carbocycles. The Bertz CT molecular complexity index is 465. The summed E-state index contributed by atoms with van der Waals surface area (Å²) in [6, 6.07) is 14.7. The first-order valence-electron chi connectivity index (χ1n) is 5.18. The first kappa shape index (κ1) is 10.7. The standard InChI is InChI=1S/C14H13FO/c1-11-7-8-14(13(15)9-11)16-10-12-5-3-2-4-6-12/h2-9H,10H2,1H3. The number of hydrogen-bond acceptors (Lipinski definition) is 1. The van der Waals surface area contributed by atoms with Crippen molar-refractivity contribution >= 4 is 0 Å². The SMILES string of the molecule is Cc1ccc(OCc2ccccc2)c(F)c1. The first-order valence-corrected chi connectivity index (χ1v) is 5.18. The molecule has 0 aromatic heterocycles. The first-order chi connectivity index (χ1) is 7.75. The molecular formula is C14H13FO. The highest BCUT2D eigenvalue weighted by atomic mass is 19.1. The van der Waals surface area contributed by atoms with E-state index in [0.29, 0.717) is 12.4 Å². The van der Waals surface area contributed by atoms with Crippen LogP contribution in [-0.4, -0.2) is 0 Å². The Labute approximate surface area is 94.5 Å². The van der Waals surface area contributed by atoms with Crippen molar-refractivity contribution in [3.63, 3.8) is 0 Å². The minimum atomic E-state index is -0.309. The number of hydrogen-bond donors (Lipinski definition) is 0. The van der Waals surface area contributed by atoms with Crippen LogP contribution in [0.1, 0.15) is 11.1 Å². The van der Waals surface area contributed by atoms with Crippen molar-refractivity contribution in [2.45, 2.75) is 13.5 Å². The van der Waals surface area contributed by atoms with Crippen LogP contribution in [0.15, 0.2) is 48.5 Å². The monoisotopic (exact) mass is 216 g/mol. The summed E-state index contributed by atoms with van der Waals surface area (Å²) >= 11 is 0. The van der Waals surface area contributed by atoms with Crippen molar-refractivity contribution in [1.82, 2.24) is 0 Å². The van der Waals surface area contributed by atoms with E-state index in [-0.39, 0.29) is 5.82 Å². The molecular weight excluding hydrogens is 203 g/mol. The number of benzene rings is 2. The molecule has 0 saturated carbocycles. The molecule has 2 aromatic carbocycles. The van der Waals surface area contributed by atoms with E-state index in [0.717, 1.165) is 11.1 Å². The summed E-state index contributed by atoms with van der Waals surface area (Å²) in [5.74, 6) is -0.00890. The third-order valence-electron chi connectivity index (χ3n) is 2.32. The average molecular weight is 216 g/mol. The molecule has 0 atom stereocenters. The van der Waals surface area contributed by atoms with Crippen LogP contribution in [0.3, 0.4) is 0 Å². The van der Waals surface area contributed by atoms with Crippen LogP contribution in [0.25, 0.3) is 0 Å². The fourth-order valence-electron chi connectivity index (χ4n) is 1.46. The van der Waals surface area contributed by atoms with Gasteiger partial charge in [-0.15, -0.1) is 0 Å². The molecule has 2 rings (SSSR count). The van der Waals surface area contributed by atoms with Crippen LogP contribution in [0, 0.1) is 12.7 Å². The van der Waals surface area contributed by atoms with Crippen LogP contribution in [0.5, 0.6) is 5.75 Å². The van der Waals surface area contributed by atoms with Gasteiger partial charge in [-0.2, -0.15) is 0 Å². The lowest BCUT2D eigenvalue weighted by atomic mass is 10.2. The van der Waals surface area contributed by atoms with Gasteiger partial charge in [-0.25, -0.2) is 4.39 Å². The zero-order valence-electron chi connectivity index (χ0n) is 9.11. The molecule has 0 aliphatic rings. The van der Waals surface area contributed by atoms with Crippen LogP contribution in [0.4, 0.5) is 4.39 Å². The summed E-state index contributed by atoms with van der Waals surface area (Å²) in [6.45, 7) is 2.24. The second-order valence-electron chi connectivity index (χ2n) is 3.71. The van der Waals surface area contributed by atoms with E-state index in [1.807, 2.05) is 43.3 Å². The maximum atomic E-state index is 13.4. The van der Waals surface area contributed by atoms with Crippen molar-refractivity contribution in [2.75, 3.05) is 0 Å². The molecule has 0 spiro atoms. The number of halogens is 1. The predicted molar refractivity (Wildman–Crippen MR) is 61.9 cm³/mol. The molecule has 0 unspecified atom stereocenters. The minimum Gasteiger partial charge on any atom is -0.486 e. The quantitative estimate of drug-likeness (QED) is 0.759. The van der Waals surface area contributed by atoms with Gasteiger partial charge in [-0.1, -0.05) is 36.4 Å². The largest absolute Gasteiger partial charge is 0.486 e. The van der Waals surface area contributed by atoms with Crippen LogP contribution >= 0.6 is 0 Å². The molecule has 0 N–H and O–H groups in total. The second-order valence-corrected chi connectivity index (χ2v) is 3.71. The third kappa shape index (κ3) is 2.60. The number of rotatable bonds is 3. The topological polar surface area (TPSA) is 9.23 Å². The molecule has 2 aromatic rings. The Balaban J connectivity index is 2.05. The van der Waals surface area contributed by atoms with Gasteiger partial charge in [0.2, 0.25) is 0 Å². The minimum absolute atomic E-state index is 0.300. The smallest absolute Gasteiger partial charge is 0.165 e. The highest BCUT2D eigenvalue weighted by molar-refractivity contribution is 5.29. The van der Waals surface area contributed by atoms with Crippen molar-refractivity contribution in [3.05, 3.63) is 65.5 Å². The zero-order valence-corrected chi connectivity index (χ0v) is 9.11. The average Bonchev–Trinajstić information content (AvgIpc) is 2.29. The summed E-state index contributed by atoms with van der Waals surface area (Å²) < 4.78 is 18.8. The van der Waals surface area contributed by atoms with Crippen molar-refractivity contribution in [3.8, 4) is 5.75 Å². The molecule has 0 radical (unpaired) electrons. The van der Waals surface area contributed by atoms with E-state index in [2.05, 4.69) is 0 Å². The van der Waals surface area contributed by atoms with E-state index in [1.54, 1.807) is 6.07 Å². The maximum absolute atomic E-state index is 13.4. The van der Waals surface area contributed by atoms with Crippen molar-refractivity contribution in [1.29, 1.82) is 0 Å². The number of aryl methyl sites for hydroxylation is 1. The lowest BCUT2D eigenvalue weighted by Crippen LogP contribution is -1.97. The Kier molecular flexibility index (Phi) is 3.20. The lowest BCUT2D eigenvalue weighted by Gasteiger charge is -2.07. The lowest BCUT2D eigenvalue weighted by molar-refractivity contribution is 0.290. The normalized spacial score (nSPS) is 10.1. The van der Waals surface area contributed by atoms with Gasteiger partial charge in [-0.3, -0.25) is 0 Å². The van der Waals surface area contributed by atoms with Gasteiger partial charge in [0.25, 0.3) is 0 Å². The fraction of sp³-hybridized carbons (Fsp3) is 0.143. The molecule has 0 heterocycles. The molecule has 1 nitrogen and oxygen atoms in total. The van der Waals surface area contributed by atoms with Gasteiger partial charge in [0.05, 0.1) is 0 Å². The third-order valence-corrected chi connectivity index (χ3v) is 2.32. The van der Waals surface area contributed by atoms with E-state index < -0.39 is 0 Å². The Morgan fingerprint density at radius 3 is 2.50 bits per heavy atom. The maximum Gasteiger partial charge on any atom is 0.165 e. The van der Waals surface area contributed by atoms with Crippen LogP contribution in [-0.2, 0) is 6.61 Å². The fourth-order valence-corrected chi connectivity index (χ4v) is 1.46. The van der Waals surface area contributed by atoms with E-state index >= 15 is 0 Å². The van der Waals surface area contributed by atoms with E-state index in [9.17, 15) is 4.39 Å². The predicted octanol–water partition coefficient (Wildman–Crippen LogP) is 3.71. The molecule has 16 heavy (non-hydrogen) atoms. The highest BCUT2D eigenvalue weighted by Gasteiger charge is 2.03. The molecule has 0 bridgehead atoms. The van der Waals surface area contributed by atoms with Crippen molar-refractivity contribution in [2.24, 2.45) is 0 Å². The Hall–Kier alpha value is -1.83. The van der Waals surface area contributed by atoms with Crippen molar-refractivity contribution < 1.29 is 9.13 Å². The van der Waals surface area contributed by atoms with E-state index in [4.69, 9.17) is 4.74 Å². The Morgan fingerprint density at radius 1 is 1.06 bits per heavy atom. The van der Waals surface area contributed by atoms with Gasteiger partial charge in [0, 0.05) is 0 Å². The van der Waals surface area contributed by atoms with Gasteiger partial charge in [0.1, 0.15) is 6.61 Å². The molecule has 0 saturated heterocycles. The summed E-state index contributed by atoms with van der Waals surface area (Å²) in [4.78, 5) is 0.